The summed E-state index contributed by atoms with van der Waals surface area (Å²) in [5.41, 5.74) is 8.04. The predicted molar refractivity (Wildman–Crippen MR) is 134 cm³/mol. The highest BCUT2D eigenvalue weighted by Gasteiger charge is 2.27. The molecule has 3 aromatic carbocycles. The number of rotatable bonds is 11. The average molecular weight is 458 g/mol. The van der Waals surface area contributed by atoms with Gasteiger partial charge in [-0.05, 0) is 29.5 Å². The summed E-state index contributed by atoms with van der Waals surface area (Å²) in [5, 5.41) is 16.0. The van der Waals surface area contributed by atoms with Crippen LogP contribution in [0, 0.1) is 5.41 Å². The minimum atomic E-state index is -0.722. The Morgan fingerprint density at radius 3 is 1.82 bits per heavy atom. The highest BCUT2D eigenvalue weighted by atomic mass is 16.2. The van der Waals surface area contributed by atoms with E-state index in [0.29, 0.717) is 25.9 Å². The Morgan fingerprint density at radius 1 is 0.765 bits per heavy atom. The van der Waals surface area contributed by atoms with Gasteiger partial charge in [-0.3, -0.25) is 15.0 Å². The molecule has 0 aliphatic carbocycles. The summed E-state index contributed by atoms with van der Waals surface area (Å²) in [6.45, 7) is 0.813. The molecule has 0 spiro atoms. The second kappa shape index (κ2) is 12.8. The summed E-state index contributed by atoms with van der Waals surface area (Å²) in [4.78, 5) is 26.6. The van der Waals surface area contributed by atoms with E-state index in [1.807, 2.05) is 91.0 Å². The Kier molecular flexibility index (Phi) is 9.22. The van der Waals surface area contributed by atoms with Crippen LogP contribution in [0.25, 0.3) is 0 Å². The second-order valence-corrected chi connectivity index (χ2v) is 8.00. The summed E-state index contributed by atoms with van der Waals surface area (Å²) >= 11 is 0. The van der Waals surface area contributed by atoms with Gasteiger partial charge in [-0.15, -0.1) is 0 Å². The molecule has 0 aliphatic rings. The minimum absolute atomic E-state index is 0.123. The quantitative estimate of drug-likeness (QED) is 0.173. The standard InChI is InChI=1S/C27H31N5O2/c28-27(29)30-18-10-17-23(25(33)31-19-20-11-4-1-5-12-20)32-26(34)24(21-13-6-2-7-14-21)22-15-8-3-9-16-22/h1-9,11-16,23-24H,10,17-19H2,(H,31,33)(H,32,34)(H4,28,29,30)/t23-/m1/s1. The molecule has 7 heteroatoms. The maximum atomic E-state index is 13.5. The fourth-order valence-corrected chi connectivity index (χ4v) is 3.75. The largest absolute Gasteiger partial charge is 0.370 e. The minimum Gasteiger partial charge on any atom is -0.370 e. The van der Waals surface area contributed by atoms with Crippen molar-refractivity contribution in [2.24, 2.45) is 5.73 Å². The van der Waals surface area contributed by atoms with E-state index in [2.05, 4.69) is 16.0 Å². The molecular weight excluding hydrogens is 426 g/mol. The van der Waals surface area contributed by atoms with E-state index in [1.54, 1.807) is 0 Å². The van der Waals surface area contributed by atoms with Gasteiger partial charge in [0.1, 0.15) is 6.04 Å². The summed E-state index contributed by atoms with van der Waals surface area (Å²) in [7, 11) is 0. The molecule has 176 valence electrons. The molecule has 3 aromatic rings. The van der Waals surface area contributed by atoms with Crippen molar-refractivity contribution in [3.05, 3.63) is 108 Å². The fraction of sp³-hybridized carbons (Fsp3) is 0.222. The summed E-state index contributed by atoms with van der Waals surface area (Å²) in [5.74, 6) is -1.15. The molecule has 0 saturated heterocycles. The Bertz CT molecular complexity index is 1020. The van der Waals surface area contributed by atoms with Gasteiger partial charge in [-0.2, -0.15) is 0 Å². The van der Waals surface area contributed by atoms with Crippen LogP contribution in [0.4, 0.5) is 0 Å². The van der Waals surface area contributed by atoms with E-state index in [1.165, 1.54) is 0 Å². The predicted octanol–water partition coefficient (Wildman–Crippen LogP) is 2.88. The smallest absolute Gasteiger partial charge is 0.242 e. The maximum absolute atomic E-state index is 13.5. The van der Waals surface area contributed by atoms with Crippen molar-refractivity contribution in [1.29, 1.82) is 5.41 Å². The molecule has 0 fully saturated rings. The van der Waals surface area contributed by atoms with Crippen molar-refractivity contribution in [2.45, 2.75) is 31.3 Å². The number of carbonyl (C=O) groups is 2. The lowest BCUT2D eigenvalue weighted by atomic mass is 9.90. The molecule has 7 nitrogen and oxygen atoms in total. The Morgan fingerprint density at radius 2 is 1.29 bits per heavy atom. The van der Waals surface area contributed by atoms with Crippen LogP contribution in [-0.2, 0) is 16.1 Å². The molecule has 6 N–H and O–H groups in total. The Hall–Kier alpha value is -4.13. The number of nitrogens with two attached hydrogens (primary N) is 1. The Balaban J connectivity index is 1.75. The van der Waals surface area contributed by atoms with Gasteiger partial charge in [0.2, 0.25) is 11.8 Å². The number of hydrogen-bond acceptors (Lipinski definition) is 3. The monoisotopic (exact) mass is 457 g/mol. The second-order valence-electron chi connectivity index (χ2n) is 8.00. The molecule has 34 heavy (non-hydrogen) atoms. The lowest BCUT2D eigenvalue weighted by Crippen LogP contribution is -2.48. The molecule has 0 aliphatic heterocycles. The van der Waals surface area contributed by atoms with E-state index < -0.39 is 12.0 Å². The first-order chi connectivity index (χ1) is 16.5. The molecule has 0 radical (unpaired) electrons. The molecule has 0 aromatic heterocycles. The van der Waals surface area contributed by atoms with Gasteiger partial charge in [-0.25, -0.2) is 0 Å². The van der Waals surface area contributed by atoms with E-state index in [4.69, 9.17) is 11.1 Å². The number of nitrogens with one attached hydrogen (secondary N) is 4. The Labute approximate surface area is 200 Å². The van der Waals surface area contributed by atoms with E-state index in [-0.39, 0.29) is 17.8 Å². The number of benzene rings is 3. The van der Waals surface area contributed by atoms with E-state index in [9.17, 15) is 9.59 Å². The SMILES string of the molecule is N=C(N)NCCC[C@@H](NC(=O)C(c1ccccc1)c1ccccc1)C(=O)NCc1ccccc1. The van der Waals surface area contributed by atoms with Crippen LogP contribution in [-0.4, -0.2) is 30.4 Å². The van der Waals surface area contributed by atoms with Crippen LogP contribution in [0.3, 0.4) is 0 Å². The first-order valence-corrected chi connectivity index (χ1v) is 11.3. The van der Waals surface area contributed by atoms with Gasteiger partial charge in [0, 0.05) is 13.1 Å². The van der Waals surface area contributed by atoms with Crippen LogP contribution in [0.1, 0.15) is 35.4 Å². The number of hydrogen-bond donors (Lipinski definition) is 5. The van der Waals surface area contributed by atoms with Crippen molar-refractivity contribution in [2.75, 3.05) is 6.54 Å². The zero-order valence-corrected chi connectivity index (χ0v) is 19.0. The van der Waals surface area contributed by atoms with Crippen molar-refractivity contribution in [3.63, 3.8) is 0 Å². The fourth-order valence-electron chi connectivity index (χ4n) is 3.75. The summed E-state index contributed by atoms with van der Waals surface area (Å²) in [6, 6.07) is 28.0. The molecule has 0 heterocycles. The molecular formula is C27H31N5O2. The number of guanidine groups is 1. The maximum Gasteiger partial charge on any atom is 0.242 e. The van der Waals surface area contributed by atoms with Gasteiger partial charge < -0.3 is 21.7 Å². The van der Waals surface area contributed by atoms with Gasteiger partial charge >= 0.3 is 0 Å². The van der Waals surface area contributed by atoms with Gasteiger partial charge in [-0.1, -0.05) is 91.0 Å². The zero-order chi connectivity index (χ0) is 24.2. The summed E-state index contributed by atoms with van der Waals surface area (Å²) in [6.07, 6.45) is 0.966. The van der Waals surface area contributed by atoms with Gasteiger partial charge in [0.05, 0.1) is 5.92 Å². The molecule has 2 amide bonds. The van der Waals surface area contributed by atoms with Crippen LogP contribution >= 0.6 is 0 Å². The first-order valence-electron chi connectivity index (χ1n) is 11.3. The lowest BCUT2D eigenvalue weighted by Gasteiger charge is -2.23. The van der Waals surface area contributed by atoms with E-state index in [0.717, 1.165) is 16.7 Å². The molecule has 0 saturated carbocycles. The normalized spacial score (nSPS) is 11.4. The topological polar surface area (TPSA) is 120 Å². The third-order valence-corrected chi connectivity index (χ3v) is 5.46. The van der Waals surface area contributed by atoms with Crippen LogP contribution in [0.5, 0.6) is 0 Å². The number of amides is 2. The zero-order valence-electron chi connectivity index (χ0n) is 19.0. The van der Waals surface area contributed by atoms with E-state index >= 15 is 0 Å². The van der Waals surface area contributed by atoms with Crippen molar-refractivity contribution in [3.8, 4) is 0 Å². The highest BCUT2D eigenvalue weighted by molar-refractivity contribution is 5.92. The molecule has 3 rings (SSSR count). The van der Waals surface area contributed by atoms with Crippen LogP contribution < -0.4 is 21.7 Å². The van der Waals surface area contributed by atoms with Crippen molar-refractivity contribution >= 4 is 17.8 Å². The average Bonchev–Trinajstić information content (AvgIpc) is 2.86. The van der Waals surface area contributed by atoms with Crippen molar-refractivity contribution < 1.29 is 9.59 Å². The third-order valence-electron chi connectivity index (χ3n) is 5.46. The van der Waals surface area contributed by atoms with Crippen molar-refractivity contribution in [1.82, 2.24) is 16.0 Å². The highest BCUT2D eigenvalue weighted by Crippen LogP contribution is 2.25. The molecule has 0 unspecified atom stereocenters. The molecule has 1 atom stereocenters. The summed E-state index contributed by atoms with van der Waals surface area (Å²) < 4.78 is 0. The van der Waals surface area contributed by atoms with Crippen LogP contribution in [0.2, 0.25) is 0 Å². The lowest BCUT2D eigenvalue weighted by molar-refractivity contribution is -0.129. The third kappa shape index (κ3) is 7.48. The van der Waals surface area contributed by atoms with Gasteiger partial charge in [0.15, 0.2) is 5.96 Å². The number of carbonyl (C=O) groups excluding carboxylic acids is 2. The first kappa shape index (κ1) is 24.5. The van der Waals surface area contributed by atoms with Gasteiger partial charge in [0.25, 0.3) is 0 Å². The molecule has 0 bridgehead atoms. The van der Waals surface area contributed by atoms with Crippen LogP contribution in [0.15, 0.2) is 91.0 Å².